The smallest absolute Gasteiger partial charge is 0.287 e. The minimum atomic E-state index is -0.447. The van der Waals surface area contributed by atoms with Crippen LogP contribution >= 0.6 is 15.9 Å². The zero-order chi connectivity index (χ0) is 13.8. The molecule has 5 nitrogen and oxygen atoms in total. The van der Waals surface area contributed by atoms with Crippen LogP contribution in [0, 0.1) is 17.0 Å². The Morgan fingerprint density at radius 1 is 1.42 bits per heavy atom. The van der Waals surface area contributed by atoms with Gasteiger partial charge in [-0.3, -0.25) is 10.1 Å². The maximum absolute atomic E-state index is 10.6. The van der Waals surface area contributed by atoms with Gasteiger partial charge in [-0.15, -0.1) is 0 Å². The van der Waals surface area contributed by atoms with Gasteiger partial charge in [-0.25, -0.2) is 4.98 Å². The van der Waals surface area contributed by atoms with Crippen LogP contribution in [0.2, 0.25) is 0 Å². The lowest BCUT2D eigenvalue weighted by Gasteiger charge is -2.09. The zero-order valence-corrected chi connectivity index (χ0v) is 11.8. The van der Waals surface area contributed by atoms with Crippen molar-refractivity contribution in [1.29, 1.82) is 0 Å². The van der Waals surface area contributed by atoms with Crippen LogP contribution in [-0.2, 0) is 6.54 Å². The van der Waals surface area contributed by atoms with Crippen molar-refractivity contribution in [3.05, 3.63) is 62.2 Å². The molecule has 0 aliphatic rings. The standard InChI is InChI=1S/C13H12BrN3O2/c1-9-6-11(17(18)19)8-16-13(9)15-7-10-4-2-3-5-12(10)14/h2-6,8H,7H2,1H3,(H,15,16). The largest absolute Gasteiger partial charge is 0.366 e. The Balaban J connectivity index is 2.12. The van der Waals surface area contributed by atoms with Crippen molar-refractivity contribution in [2.75, 3.05) is 5.32 Å². The van der Waals surface area contributed by atoms with Crippen LogP contribution in [0.3, 0.4) is 0 Å². The summed E-state index contributed by atoms with van der Waals surface area (Å²) in [4.78, 5) is 14.3. The predicted molar refractivity (Wildman–Crippen MR) is 77.1 cm³/mol. The van der Waals surface area contributed by atoms with Crippen molar-refractivity contribution < 1.29 is 4.92 Å². The maximum Gasteiger partial charge on any atom is 0.287 e. The first-order chi connectivity index (χ1) is 9.08. The lowest BCUT2D eigenvalue weighted by Crippen LogP contribution is -2.04. The second-order valence-corrected chi connectivity index (χ2v) is 4.92. The highest BCUT2D eigenvalue weighted by molar-refractivity contribution is 9.10. The molecule has 1 heterocycles. The van der Waals surface area contributed by atoms with Crippen LogP contribution in [0.1, 0.15) is 11.1 Å². The Bertz CT molecular complexity index is 617. The molecule has 0 spiro atoms. The highest BCUT2D eigenvalue weighted by atomic mass is 79.9. The van der Waals surface area contributed by atoms with E-state index in [2.05, 4.69) is 26.2 Å². The number of halogens is 1. The summed E-state index contributed by atoms with van der Waals surface area (Å²) >= 11 is 3.47. The van der Waals surface area contributed by atoms with E-state index in [1.54, 1.807) is 6.92 Å². The fourth-order valence-corrected chi connectivity index (χ4v) is 2.09. The number of aromatic nitrogens is 1. The third kappa shape index (κ3) is 3.29. The van der Waals surface area contributed by atoms with E-state index in [0.29, 0.717) is 12.4 Å². The molecule has 2 rings (SSSR count). The van der Waals surface area contributed by atoms with Crippen molar-refractivity contribution >= 4 is 27.4 Å². The molecule has 0 saturated heterocycles. The van der Waals surface area contributed by atoms with Gasteiger partial charge in [0.05, 0.1) is 4.92 Å². The topological polar surface area (TPSA) is 68.1 Å². The molecule has 0 bridgehead atoms. The number of hydrogen-bond donors (Lipinski definition) is 1. The van der Waals surface area contributed by atoms with Gasteiger partial charge in [-0.05, 0) is 24.1 Å². The van der Waals surface area contributed by atoms with Gasteiger partial charge in [0.15, 0.2) is 0 Å². The fraction of sp³-hybridized carbons (Fsp3) is 0.154. The quantitative estimate of drug-likeness (QED) is 0.689. The lowest BCUT2D eigenvalue weighted by atomic mass is 10.2. The molecule has 0 amide bonds. The highest BCUT2D eigenvalue weighted by Crippen LogP contribution is 2.20. The van der Waals surface area contributed by atoms with Crippen LogP contribution in [0.15, 0.2) is 41.0 Å². The minimum absolute atomic E-state index is 0.00365. The summed E-state index contributed by atoms with van der Waals surface area (Å²) in [6.07, 6.45) is 1.26. The number of rotatable bonds is 4. The zero-order valence-electron chi connectivity index (χ0n) is 10.3. The number of aryl methyl sites for hydroxylation is 1. The van der Waals surface area contributed by atoms with Gasteiger partial charge < -0.3 is 5.32 Å². The lowest BCUT2D eigenvalue weighted by molar-refractivity contribution is -0.385. The summed E-state index contributed by atoms with van der Waals surface area (Å²) in [5.74, 6) is 0.654. The molecule has 1 aromatic heterocycles. The van der Waals surface area contributed by atoms with Gasteiger partial charge in [0, 0.05) is 17.1 Å². The van der Waals surface area contributed by atoms with Gasteiger partial charge in [-0.1, -0.05) is 34.1 Å². The van der Waals surface area contributed by atoms with Gasteiger partial charge in [0.1, 0.15) is 12.0 Å². The van der Waals surface area contributed by atoms with Crippen LogP contribution in [0.4, 0.5) is 11.5 Å². The molecule has 0 radical (unpaired) electrons. The van der Waals surface area contributed by atoms with Crippen LogP contribution in [-0.4, -0.2) is 9.91 Å². The first-order valence-corrected chi connectivity index (χ1v) is 6.45. The van der Waals surface area contributed by atoms with Gasteiger partial charge in [0.2, 0.25) is 0 Å². The number of nitrogens with one attached hydrogen (secondary N) is 1. The van der Waals surface area contributed by atoms with Crippen molar-refractivity contribution in [2.45, 2.75) is 13.5 Å². The van der Waals surface area contributed by atoms with E-state index in [1.807, 2.05) is 24.3 Å². The molecule has 2 aromatic rings. The normalized spacial score (nSPS) is 10.2. The third-order valence-corrected chi connectivity index (χ3v) is 3.45. The summed E-state index contributed by atoms with van der Waals surface area (Å²) in [6, 6.07) is 9.38. The Labute approximate surface area is 119 Å². The summed E-state index contributed by atoms with van der Waals surface area (Å²) in [5, 5.41) is 13.8. The molecule has 0 unspecified atom stereocenters. The maximum atomic E-state index is 10.6. The second-order valence-electron chi connectivity index (χ2n) is 4.06. The fourth-order valence-electron chi connectivity index (χ4n) is 1.67. The number of pyridine rings is 1. The molecule has 0 saturated carbocycles. The third-order valence-electron chi connectivity index (χ3n) is 2.68. The van der Waals surface area contributed by atoms with Crippen molar-refractivity contribution in [1.82, 2.24) is 4.98 Å². The van der Waals surface area contributed by atoms with E-state index in [4.69, 9.17) is 0 Å². The van der Waals surface area contributed by atoms with Crippen LogP contribution < -0.4 is 5.32 Å². The Morgan fingerprint density at radius 2 is 2.16 bits per heavy atom. The summed E-state index contributed by atoms with van der Waals surface area (Å²) in [6.45, 7) is 2.40. The van der Waals surface area contributed by atoms with E-state index >= 15 is 0 Å². The molecule has 98 valence electrons. The molecule has 0 aliphatic carbocycles. The van der Waals surface area contributed by atoms with E-state index in [0.717, 1.165) is 15.6 Å². The number of hydrogen-bond acceptors (Lipinski definition) is 4. The summed E-state index contributed by atoms with van der Waals surface area (Å²) < 4.78 is 1.02. The second kappa shape index (κ2) is 5.79. The van der Waals surface area contributed by atoms with E-state index in [1.165, 1.54) is 12.3 Å². The molecule has 1 aromatic carbocycles. The molecule has 1 N–H and O–H groups in total. The first kappa shape index (κ1) is 13.5. The average Bonchev–Trinajstić information content (AvgIpc) is 2.39. The molecule has 6 heteroatoms. The predicted octanol–water partition coefficient (Wildman–Crippen LogP) is 3.67. The summed E-state index contributed by atoms with van der Waals surface area (Å²) in [5.41, 5.74) is 1.85. The van der Waals surface area contributed by atoms with Crippen LogP contribution in [0.5, 0.6) is 0 Å². The van der Waals surface area contributed by atoms with E-state index in [-0.39, 0.29) is 5.69 Å². The van der Waals surface area contributed by atoms with E-state index in [9.17, 15) is 10.1 Å². The van der Waals surface area contributed by atoms with Gasteiger partial charge >= 0.3 is 0 Å². The Kier molecular flexibility index (Phi) is 4.11. The first-order valence-electron chi connectivity index (χ1n) is 5.66. The number of benzene rings is 1. The van der Waals surface area contributed by atoms with Crippen molar-refractivity contribution in [3.8, 4) is 0 Å². The average molecular weight is 322 g/mol. The van der Waals surface area contributed by atoms with Crippen LogP contribution in [0.25, 0.3) is 0 Å². The van der Waals surface area contributed by atoms with Crippen molar-refractivity contribution in [2.24, 2.45) is 0 Å². The number of nitrogens with zero attached hydrogens (tertiary/aromatic N) is 2. The Hall–Kier alpha value is -1.95. The molecule has 0 fully saturated rings. The summed E-state index contributed by atoms with van der Waals surface area (Å²) in [7, 11) is 0. The molecule has 19 heavy (non-hydrogen) atoms. The monoisotopic (exact) mass is 321 g/mol. The highest BCUT2D eigenvalue weighted by Gasteiger charge is 2.09. The molecular formula is C13H12BrN3O2. The number of anilines is 1. The van der Waals surface area contributed by atoms with Crippen molar-refractivity contribution in [3.63, 3.8) is 0 Å². The van der Waals surface area contributed by atoms with Gasteiger partial charge in [-0.2, -0.15) is 0 Å². The molecule has 0 atom stereocenters. The van der Waals surface area contributed by atoms with Gasteiger partial charge in [0.25, 0.3) is 5.69 Å². The minimum Gasteiger partial charge on any atom is -0.366 e. The molecular weight excluding hydrogens is 310 g/mol. The van der Waals surface area contributed by atoms with E-state index < -0.39 is 4.92 Å². The molecule has 0 aliphatic heterocycles. The Morgan fingerprint density at radius 3 is 2.79 bits per heavy atom. The number of nitro groups is 1. The SMILES string of the molecule is Cc1cc([N+](=O)[O-])cnc1NCc1ccccc1Br.